The Labute approximate surface area is 105 Å². The maximum Gasteiger partial charge on any atom is 0.110 e. The van der Waals surface area contributed by atoms with Crippen LogP contribution >= 0.6 is 11.3 Å². The van der Waals surface area contributed by atoms with Gasteiger partial charge in [-0.05, 0) is 31.5 Å². The lowest BCUT2D eigenvalue weighted by atomic mass is 10.1. The summed E-state index contributed by atoms with van der Waals surface area (Å²) < 4.78 is 0. The van der Waals surface area contributed by atoms with Gasteiger partial charge < -0.3 is 5.32 Å². The van der Waals surface area contributed by atoms with E-state index in [2.05, 4.69) is 15.7 Å². The largest absolute Gasteiger partial charge is 0.308 e. The van der Waals surface area contributed by atoms with Crippen LogP contribution in [0.25, 0.3) is 11.4 Å². The van der Waals surface area contributed by atoms with Gasteiger partial charge in [0.05, 0.1) is 17.4 Å². The number of thiazole rings is 1. The zero-order valence-electron chi connectivity index (χ0n) is 9.60. The number of piperidine rings is 1. The van der Waals surface area contributed by atoms with Crippen molar-refractivity contribution in [3.8, 4) is 11.4 Å². The van der Waals surface area contributed by atoms with Crippen molar-refractivity contribution < 1.29 is 0 Å². The summed E-state index contributed by atoms with van der Waals surface area (Å²) in [7, 11) is 0. The van der Waals surface area contributed by atoms with Gasteiger partial charge in [0.1, 0.15) is 5.01 Å². The van der Waals surface area contributed by atoms with Crippen LogP contribution in [-0.4, -0.2) is 16.5 Å². The van der Waals surface area contributed by atoms with E-state index in [4.69, 9.17) is 4.98 Å². The molecule has 0 bridgehead atoms. The van der Waals surface area contributed by atoms with Gasteiger partial charge in [-0.3, -0.25) is 4.98 Å². The Morgan fingerprint density at radius 2 is 2.24 bits per heavy atom. The third-order valence-corrected chi connectivity index (χ3v) is 4.02. The molecule has 88 valence electrons. The average Bonchev–Trinajstić information content (AvgIpc) is 2.90. The summed E-state index contributed by atoms with van der Waals surface area (Å²) >= 11 is 1.74. The topological polar surface area (TPSA) is 37.8 Å². The van der Waals surface area contributed by atoms with Gasteiger partial charge in [-0.15, -0.1) is 11.3 Å². The van der Waals surface area contributed by atoms with E-state index in [-0.39, 0.29) is 0 Å². The fraction of sp³-hybridized carbons (Fsp3) is 0.385. The van der Waals surface area contributed by atoms with Gasteiger partial charge in [0, 0.05) is 11.6 Å². The molecule has 1 aliphatic heterocycles. The molecule has 1 atom stereocenters. The summed E-state index contributed by atoms with van der Waals surface area (Å²) in [6.07, 6.45) is 5.60. The van der Waals surface area contributed by atoms with Crippen molar-refractivity contribution in [2.75, 3.05) is 6.54 Å². The summed E-state index contributed by atoms with van der Waals surface area (Å²) in [5.41, 5.74) is 1.96. The van der Waals surface area contributed by atoms with Gasteiger partial charge in [0.2, 0.25) is 0 Å². The van der Waals surface area contributed by atoms with Crippen LogP contribution in [0, 0.1) is 0 Å². The molecule has 17 heavy (non-hydrogen) atoms. The van der Waals surface area contributed by atoms with Crippen LogP contribution in [0.15, 0.2) is 29.8 Å². The van der Waals surface area contributed by atoms with Crippen molar-refractivity contribution >= 4 is 11.3 Å². The van der Waals surface area contributed by atoms with E-state index < -0.39 is 0 Å². The Bertz CT molecular complexity index is 474. The van der Waals surface area contributed by atoms with Crippen LogP contribution in [0.1, 0.15) is 30.3 Å². The minimum atomic E-state index is 0.450. The Hall–Kier alpha value is -1.26. The number of nitrogens with one attached hydrogen (secondary N) is 1. The van der Waals surface area contributed by atoms with Crippen molar-refractivity contribution in [2.45, 2.75) is 25.3 Å². The summed E-state index contributed by atoms with van der Waals surface area (Å²) in [5, 5.41) is 6.83. The van der Waals surface area contributed by atoms with E-state index in [1.165, 1.54) is 24.3 Å². The van der Waals surface area contributed by atoms with Gasteiger partial charge in [-0.25, -0.2) is 4.98 Å². The van der Waals surface area contributed by atoms with Crippen LogP contribution in [0.2, 0.25) is 0 Å². The van der Waals surface area contributed by atoms with E-state index in [0.717, 1.165) is 17.9 Å². The predicted octanol–water partition coefficient (Wildman–Crippen LogP) is 3.02. The zero-order valence-corrected chi connectivity index (χ0v) is 10.4. The molecule has 0 aliphatic carbocycles. The number of rotatable bonds is 2. The summed E-state index contributed by atoms with van der Waals surface area (Å²) in [6.45, 7) is 1.11. The molecule has 0 radical (unpaired) electrons. The maximum absolute atomic E-state index is 4.70. The second-order valence-corrected chi connectivity index (χ2v) is 5.18. The first-order chi connectivity index (χ1) is 8.43. The van der Waals surface area contributed by atoms with E-state index in [1.807, 2.05) is 24.4 Å². The van der Waals surface area contributed by atoms with E-state index in [0.29, 0.717) is 6.04 Å². The second-order valence-electron chi connectivity index (χ2n) is 4.29. The summed E-state index contributed by atoms with van der Waals surface area (Å²) in [5.74, 6) is 0. The van der Waals surface area contributed by atoms with Crippen LogP contribution in [0.5, 0.6) is 0 Å². The van der Waals surface area contributed by atoms with Crippen LogP contribution in [0.3, 0.4) is 0 Å². The lowest BCUT2D eigenvalue weighted by Crippen LogP contribution is -2.26. The summed E-state index contributed by atoms with van der Waals surface area (Å²) in [6, 6.07) is 6.39. The quantitative estimate of drug-likeness (QED) is 0.883. The van der Waals surface area contributed by atoms with Gasteiger partial charge in [-0.2, -0.15) is 0 Å². The van der Waals surface area contributed by atoms with Crippen molar-refractivity contribution in [3.05, 3.63) is 34.8 Å². The highest BCUT2D eigenvalue weighted by atomic mass is 32.1. The number of nitrogens with zero attached hydrogens (tertiary/aromatic N) is 2. The van der Waals surface area contributed by atoms with Gasteiger partial charge in [0.25, 0.3) is 0 Å². The van der Waals surface area contributed by atoms with E-state index >= 15 is 0 Å². The van der Waals surface area contributed by atoms with Crippen LogP contribution in [-0.2, 0) is 0 Å². The highest BCUT2D eigenvalue weighted by molar-refractivity contribution is 7.10. The Morgan fingerprint density at radius 1 is 1.24 bits per heavy atom. The van der Waals surface area contributed by atoms with Crippen molar-refractivity contribution in [2.24, 2.45) is 0 Å². The van der Waals surface area contributed by atoms with Crippen molar-refractivity contribution in [3.63, 3.8) is 0 Å². The van der Waals surface area contributed by atoms with Crippen molar-refractivity contribution in [1.29, 1.82) is 0 Å². The predicted molar refractivity (Wildman–Crippen MR) is 69.9 cm³/mol. The van der Waals surface area contributed by atoms with Gasteiger partial charge in [-0.1, -0.05) is 12.5 Å². The molecule has 1 aliphatic rings. The Balaban J connectivity index is 1.83. The molecule has 0 saturated carbocycles. The third-order valence-electron chi connectivity index (χ3n) is 3.06. The molecule has 3 rings (SSSR count). The molecular formula is C13H15N3S. The first-order valence-electron chi connectivity index (χ1n) is 6.04. The van der Waals surface area contributed by atoms with Gasteiger partial charge in [0.15, 0.2) is 0 Å². The molecule has 3 heterocycles. The first-order valence-corrected chi connectivity index (χ1v) is 6.92. The monoisotopic (exact) mass is 245 g/mol. The van der Waals surface area contributed by atoms with Gasteiger partial charge >= 0.3 is 0 Å². The molecule has 2 aromatic rings. The third kappa shape index (κ3) is 2.37. The maximum atomic E-state index is 4.70. The number of aromatic nitrogens is 2. The second kappa shape index (κ2) is 4.94. The lowest BCUT2D eigenvalue weighted by Gasteiger charge is -2.21. The smallest absolute Gasteiger partial charge is 0.110 e. The first kappa shape index (κ1) is 10.9. The average molecular weight is 245 g/mol. The SMILES string of the molecule is c1ccc(-c2csc(C3CCCCN3)n2)nc1. The molecule has 1 saturated heterocycles. The molecule has 1 N–H and O–H groups in total. The molecule has 0 amide bonds. The minimum Gasteiger partial charge on any atom is -0.308 e. The number of hydrogen-bond donors (Lipinski definition) is 1. The Morgan fingerprint density at radius 3 is 3.00 bits per heavy atom. The van der Waals surface area contributed by atoms with Crippen LogP contribution < -0.4 is 5.32 Å². The fourth-order valence-electron chi connectivity index (χ4n) is 2.14. The normalized spacial score (nSPS) is 20.4. The highest BCUT2D eigenvalue weighted by Crippen LogP contribution is 2.28. The lowest BCUT2D eigenvalue weighted by molar-refractivity contribution is 0.411. The molecule has 2 aromatic heterocycles. The molecule has 0 aromatic carbocycles. The molecule has 1 unspecified atom stereocenters. The fourth-order valence-corrected chi connectivity index (χ4v) is 3.06. The Kier molecular flexibility index (Phi) is 3.16. The van der Waals surface area contributed by atoms with Crippen molar-refractivity contribution in [1.82, 2.24) is 15.3 Å². The standard InChI is InChI=1S/C13H15N3S/c1-3-7-14-10(5-1)12-9-17-13(16-12)11-6-2-4-8-15-11/h1,3,5,7,9,11,15H,2,4,6,8H2. The molecule has 4 heteroatoms. The molecular weight excluding hydrogens is 230 g/mol. The van der Waals surface area contributed by atoms with E-state index in [9.17, 15) is 0 Å². The number of pyridine rings is 1. The number of hydrogen-bond acceptors (Lipinski definition) is 4. The molecule has 0 spiro atoms. The zero-order chi connectivity index (χ0) is 11.5. The molecule has 1 fully saturated rings. The minimum absolute atomic E-state index is 0.450. The van der Waals surface area contributed by atoms with E-state index in [1.54, 1.807) is 11.3 Å². The molecule has 3 nitrogen and oxygen atoms in total. The van der Waals surface area contributed by atoms with Crippen LogP contribution in [0.4, 0.5) is 0 Å². The highest BCUT2D eigenvalue weighted by Gasteiger charge is 2.18. The summed E-state index contributed by atoms with van der Waals surface area (Å²) in [4.78, 5) is 9.03.